The predicted octanol–water partition coefficient (Wildman–Crippen LogP) is 2.50. The fraction of sp³-hybridized carbons (Fsp3) is 0.778. The van der Waals surface area contributed by atoms with E-state index in [4.69, 9.17) is 0 Å². The van der Waals surface area contributed by atoms with Crippen LogP contribution in [0.2, 0.25) is 0 Å². The molecule has 0 heterocycles. The predicted molar refractivity (Wildman–Crippen MR) is 45.0 cm³/mol. The molecule has 0 aliphatic carbocycles. The van der Waals surface area contributed by atoms with Crippen LogP contribution in [0.1, 0.15) is 40.0 Å². The highest BCUT2D eigenvalue weighted by Crippen LogP contribution is 2.07. The minimum atomic E-state index is -0.204. The van der Waals surface area contributed by atoms with Crippen LogP contribution >= 0.6 is 0 Å². The number of aliphatic hydroxyl groups is 1. The molecule has 1 unspecified atom stereocenters. The quantitative estimate of drug-likeness (QED) is 0.598. The average molecular weight is 142 g/mol. The molecule has 0 radical (unpaired) electrons. The summed E-state index contributed by atoms with van der Waals surface area (Å²) in [6, 6.07) is 0. The molecule has 1 N–H and O–H groups in total. The Bertz CT molecular complexity index is 105. The zero-order chi connectivity index (χ0) is 7.98. The van der Waals surface area contributed by atoms with Gasteiger partial charge >= 0.3 is 0 Å². The van der Waals surface area contributed by atoms with Crippen LogP contribution in [0.25, 0.3) is 0 Å². The molecule has 0 aliphatic rings. The maximum Gasteiger partial charge on any atom is 0.0747 e. The van der Waals surface area contributed by atoms with E-state index >= 15 is 0 Å². The van der Waals surface area contributed by atoms with Crippen LogP contribution in [0.4, 0.5) is 0 Å². The van der Waals surface area contributed by atoms with Gasteiger partial charge < -0.3 is 5.11 Å². The smallest absolute Gasteiger partial charge is 0.0747 e. The summed E-state index contributed by atoms with van der Waals surface area (Å²) in [5.74, 6) is 0. The number of aliphatic hydroxyl groups excluding tert-OH is 1. The molecule has 10 heavy (non-hydrogen) atoms. The van der Waals surface area contributed by atoms with Crippen molar-refractivity contribution in [1.82, 2.24) is 0 Å². The van der Waals surface area contributed by atoms with Gasteiger partial charge in [0.2, 0.25) is 0 Å². The molecular weight excluding hydrogens is 124 g/mol. The first-order valence-electron chi connectivity index (χ1n) is 4.07. The van der Waals surface area contributed by atoms with Gasteiger partial charge in [-0.3, -0.25) is 0 Å². The Morgan fingerprint density at radius 2 is 2.10 bits per heavy atom. The highest BCUT2D eigenvalue weighted by Gasteiger charge is 2.02. The van der Waals surface area contributed by atoms with E-state index in [9.17, 15) is 5.11 Å². The van der Waals surface area contributed by atoms with Crippen molar-refractivity contribution in [2.75, 3.05) is 0 Å². The van der Waals surface area contributed by atoms with Crippen molar-refractivity contribution < 1.29 is 5.11 Å². The minimum Gasteiger partial charge on any atom is -0.389 e. The topological polar surface area (TPSA) is 20.2 Å². The number of hydrogen-bond donors (Lipinski definition) is 1. The number of rotatable bonds is 4. The average Bonchev–Trinajstić information content (AvgIpc) is 1.89. The molecule has 0 saturated heterocycles. The highest BCUT2D eigenvalue weighted by atomic mass is 16.3. The van der Waals surface area contributed by atoms with Crippen LogP contribution in [-0.2, 0) is 0 Å². The molecule has 0 spiro atoms. The van der Waals surface area contributed by atoms with E-state index in [2.05, 4.69) is 19.9 Å². The van der Waals surface area contributed by atoms with Crippen molar-refractivity contribution in [2.24, 2.45) is 0 Å². The summed E-state index contributed by atoms with van der Waals surface area (Å²) in [6.45, 7) is 6.16. The third kappa shape index (κ3) is 3.67. The van der Waals surface area contributed by atoms with E-state index in [1.54, 1.807) is 0 Å². The number of hydrogen-bond acceptors (Lipinski definition) is 1. The van der Waals surface area contributed by atoms with Crippen LogP contribution in [0.5, 0.6) is 0 Å². The molecule has 1 heteroatoms. The Hall–Kier alpha value is -0.300. The molecule has 0 aromatic rings. The van der Waals surface area contributed by atoms with Crippen LogP contribution in [-0.4, -0.2) is 11.2 Å². The molecule has 0 rings (SSSR count). The molecular formula is C9H18O. The standard InChI is InChI=1S/C9H18O/c1-4-6-8(3)9(10)7-5-2/h6,9-10H,4-5,7H2,1-3H3. The van der Waals surface area contributed by atoms with Gasteiger partial charge in [0, 0.05) is 0 Å². The normalized spacial score (nSPS) is 15.4. The first-order chi connectivity index (χ1) is 4.72. The first-order valence-corrected chi connectivity index (χ1v) is 4.07. The maximum atomic E-state index is 9.38. The second-order valence-electron chi connectivity index (χ2n) is 2.66. The van der Waals surface area contributed by atoms with Gasteiger partial charge in [0.1, 0.15) is 0 Å². The zero-order valence-electron chi connectivity index (χ0n) is 7.22. The monoisotopic (exact) mass is 142 g/mol. The van der Waals surface area contributed by atoms with E-state index in [0.717, 1.165) is 24.8 Å². The van der Waals surface area contributed by atoms with E-state index < -0.39 is 0 Å². The van der Waals surface area contributed by atoms with Gasteiger partial charge in [-0.25, -0.2) is 0 Å². The molecule has 1 nitrogen and oxygen atoms in total. The summed E-state index contributed by atoms with van der Waals surface area (Å²) in [5.41, 5.74) is 1.12. The molecule has 0 aromatic heterocycles. The van der Waals surface area contributed by atoms with Crippen molar-refractivity contribution in [3.8, 4) is 0 Å². The van der Waals surface area contributed by atoms with Crippen molar-refractivity contribution >= 4 is 0 Å². The summed E-state index contributed by atoms with van der Waals surface area (Å²) < 4.78 is 0. The van der Waals surface area contributed by atoms with Gasteiger partial charge in [-0.15, -0.1) is 0 Å². The second kappa shape index (κ2) is 5.48. The van der Waals surface area contributed by atoms with Crippen molar-refractivity contribution in [2.45, 2.75) is 46.1 Å². The van der Waals surface area contributed by atoms with Gasteiger partial charge in [-0.2, -0.15) is 0 Å². The van der Waals surface area contributed by atoms with Crippen molar-refractivity contribution in [3.63, 3.8) is 0 Å². The van der Waals surface area contributed by atoms with Crippen LogP contribution < -0.4 is 0 Å². The molecule has 0 aromatic carbocycles. The second-order valence-corrected chi connectivity index (χ2v) is 2.66. The summed E-state index contributed by atoms with van der Waals surface area (Å²) in [7, 11) is 0. The SMILES string of the molecule is CCC=C(C)C(O)CCC. The summed E-state index contributed by atoms with van der Waals surface area (Å²) in [6.07, 6.45) is 4.84. The van der Waals surface area contributed by atoms with Gasteiger partial charge in [-0.05, 0) is 25.3 Å². The molecule has 1 atom stereocenters. The van der Waals surface area contributed by atoms with Gasteiger partial charge in [-0.1, -0.05) is 26.3 Å². The molecule has 0 bridgehead atoms. The molecule has 0 aliphatic heterocycles. The van der Waals surface area contributed by atoms with Crippen LogP contribution in [0, 0.1) is 0 Å². The van der Waals surface area contributed by atoms with Crippen LogP contribution in [0.3, 0.4) is 0 Å². The Labute approximate surface area is 63.8 Å². The third-order valence-corrected chi connectivity index (χ3v) is 1.61. The zero-order valence-corrected chi connectivity index (χ0v) is 7.22. The molecule has 0 fully saturated rings. The summed E-state index contributed by atoms with van der Waals surface area (Å²) in [5, 5.41) is 9.38. The fourth-order valence-electron chi connectivity index (χ4n) is 0.959. The van der Waals surface area contributed by atoms with Gasteiger partial charge in [0.05, 0.1) is 6.10 Å². The summed E-state index contributed by atoms with van der Waals surface area (Å²) >= 11 is 0. The fourth-order valence-corrected chi connectivity index (χ4v) is 0.959. The lowest BCUT2D eigenvalue weighted by atomic mass is 10.1. The molecule has 60 valence electrons. The van der Waals surface area contributed by atoms with Gasteiger partial charge in [0.25, 0.3) is 0 Å². The summed E-state index contributed by atoms with van der Waals surface area (Å²) in [4.78, 5) is 0. The number of allylic oxidation sites excluding steroid dienone is 1. The largest absolute Gasteiger partial charge is 0.389 e. The Balaban J connectivity index is 3.69. The van der Waals surface area contributed by atoms with Crippen molar-refractivity contribution in [3.05, 3.63) is 11.6 Å². The third-order valence-electron chi connectivity index (χ3n) is 1.61. The van der Waals surface area contributed by atoms with E-state index in [0.29, 0.717) is 0 Å². The van der Waals surface area contributed by atoms with E-state index in [1.807, 2.05) is 6.92 Å². The first kappa shape index (κ1) is 9.70. The van der Waals surface area contributed by atoms with E-state index in [1.165, 1.54) is 0 Å². The van der Waals surface area contributed by atoms with Crippen molar-refractivity contribution in [1.29, 1.82) is 0 Å². The highest BCUT2D eigenvalue weighted by molar-refractivity contribution is 5.03. The molecule has 0 saturated carbocycles. The molecule has 0 amide bonds. The van der Waals surface area contributed by atoms with E-state index in [-0.39, 0.29) is 6.10 Å². The maximum absolute atomic E-state index is 9.38. The Morgan fingerprint density at radius 1 is 1.50 bits per heavy atom. The lowest BCUT2D eigenvalue weighted by molar-refractivity contribution is 0.199. The van der Waals surface area contributed by atoms with Crippen LogP contribution in [0.15, 0.2) is 11.6 Å². The Kier molecular flexibility index (Phi) is 5.32. The lowest BCUT2D eigenvalue weighted by Gasteiger charge is -2.08. The minimum absolute atomic E-state index is 0.204. The Morgan fingerprint density at radius 3 is 2.50 bits per heavy atom. The van der Waals surface area contributed by atoms with Gasteiger partial charge in [0.15, 0.2) is 0 Å². The lowest BCUT2D eigenvalue weighted by Crippen LogP contribution is -2.06.